The summed E-state index contributed by atoms with van der Waals surface area (Å²) in [6.07, 6.45) is -8.97. The summed E-state index contributed by atoms with van der Waals surface area (Å²) in [4.78, 5) is 14.4. The molecular formula is C11H10F5NO3. The maximum absolute atomic E-state index is 12.8. The van der Waals surface area contributed by atoms with E-state index in [1.807, 2.05) is 0 Å². The lowest BCUT2D eigenvalue weighted by molar-refractivity contribution is -0.141. The van der Waals surface area contributed by atoms with Gasteiger partial charge in [-0.15, -0.1) is 0 Å². The van der Waals surface area contributed by atoms with E-state index >= 15 is 0 Å². The Hall–Kier alpha value is -1.93. The Morgan fingerprint density at radius 3 is 2.35 bits per heavy atom. The van der Waals surface area contributed by atoms with E-state index in [0.29, 0.717) is 6.07 Å². The Bertz CT molecular complexity index is 502. The Morgan fingerprint density at radius 1 is 1.35 bits per heavy atom. The number of carbonyl (C=O) groups excluding carboxylic acids is 1. The molecule has 0 N–H and O–H groups in total. The second-order valence-electron chi connectivity index (χ2n) is 3.64. The third kappa shape index (κ3) is 3.55. The van der Waals surface area contributed by atoms with E-state index in [2.05, 4.69) is 14.5 Å². The number of rotatable bonds is 4. The maximum atomic E-state index is 12.8. The van der Waals surface area contributed by atoms with Gasteiger partial charge in [-0.25, -0.2) is 13.8 Å². The minimum Gasteiger partial charge on any atom is -0.481 e. The fourth-order valence-electron chi connectivity index (χ4n) is 1.51. The smallest absolute Gasteiger partial charge is 0.422 e. The normalized spacial score (nSPS) is 11.6. The molecule has 0 atom stereocenters. The molecule has 0 radical (unpaired) electrons. The van der Waals surface area contributed by atoms with Gasteiger partial charge < -0.3 is 9.47 Å². The maximum Gasteiger partial charge on any atom is 0.422 e. The van der Waals surface area contributed by atoms with Crippen LogP contribution in [0.4, 0.5) is 22.0 Å². The number of halogens is 5. The SMILES string of the molecule is COC(=O)Cc1cc(C(F)F)c(C(F)(F)F)c(OC)n1. The van der Waals surface area contributed by atoms with Gasteiger partial charge in [0.15, 0.2) is 0 Å². The van der Waals surface area contributed by atoms with Gasteiger partial charge >= 0.3 is 12.1 Å². The van der Waals surface area contributed by atoms with Gasteiger partial charge in [0.05, 0.1) is 26.3 Å². The summed E-state index contributed by atoms with van der Waals surface area (Å²) in [7, 11) is 1.92. The monoisotopic (exact) mass is 299 g/mol. The van der Waals surface area contributed by atoms with E-state index in [1.54, 1.807) is 0 Å². The number of ether oxygens (including phenoxy) is 2. The van der Waals surface area contributed by atoms with Crippen molar-refractivity contribution in [1.82, 2.24) is 4.98 Å². The van der Waals surface area contributed by atoms with Crippen LogP contribution >= 0.6 is 0 Å². The fourth-order valence-corrected chi connectivity index (χ4v) is 1.51. The second-order valence-corrected chi connectivity index (χ2v) is 3.64. The molecule has 0 saturated heterocycles. The molecule has 1 aromatic heterocycles. The molecule has 0 aliphatic rings. The number of hydrogen-bond acceptors (Lipinski definition) is 4. The molecule has 1 rings (SSSR count). The van der Waals surface area contributed by atoms with Gasteiger partial charge in [0.2, 0.25) is 5.88 Å². The van der Waals surface area contributed by atoms with Crippen molar-refractivity contribution in [2.24, 2.45) is 0 Å². The number of esters is 1. The van der Waals surface area contributed by atoms with Gasteiger partial charge in [-0.2, -0.15) is 13.2 Å². The molecule has 0 amide bonds. The van der Waals surface area contributed by atoms with Crippen molar-refractivity contribution < 1.29 is 36.2 Å². The summed E-state index contributed by atoms with van der Waals surface area (Å²) in [6.45, 7) is 0. The zero-order valence-electron chi connectivity index (χ0n) is 10.4. The van der Waals surface area contributed by atoms with Gasteiger partial charge in [-0.05, 0) is 6.07 Å². The van der Waals surface area contributed by atoms with Crippen LogP contribution in [0.3, 0.4) is 0 Å². The van der Waals surface area contributed by atoms with Crippen LogP contribution in [0.15, 0.2) is 6.07 Å². The highest BCUT2D eigenvalue weighted by Crippen LogP contribution is 2.41. The summed E-state index contributed by atoms with van der Waals surface area (Å²) < 4.78 is 72.6. The number of pyridine rings is 1. The zero-order valence-corrected chi connectivity index (χ0v) is 10.4. The van der Waals surface area contributed by atoms with E-state index < -0.39 is 42.0 Å². The molecule has 1 heterocycles. The Morgan fingerprint density at radius 2 is 1.95 bits per heavy atom. The minimum absolute atomic E-state index is 0.294. The van der Waals surface area contributed by atoms with Gasteiger partial charge in [0, 0.05) is 5.56 Å². The number of aromatic nitrogens is 1. The molecule has 0 aliphatic heterocycles. The molecule has 112 valence electrons. The molecule has 4 nitrogen and oxygen atoms in total. The third-order valence-corrected chi connectivity index (χ3v) is 2.33. The number of hydrogen-bond donors (Lipinski definition) is 0. The van der Waals surface area contributed by atoms with E-state index in [1.165, 1.54) is 0 Å². The number of alkyl halides is 5. The zero-order chi connectivity index (χ0) is 15.5. The van der Waals surface area contributed by atoms with Crippen molar-refractivity contribution in [2.75, 3.05) is 14.2 Å². The first-order valence-electron chi connectivity index (χ1n) is 5.20. The Balaban J connectivity index is 3.43. The van der Waals surface area contributed by atoms with Crippen LogP contribution in [0.5, 0.6) is 5.88 Å². The highest BCUT2D eigenvalue weighted by Gasteiger charge is 2.40. The molecular weight excluding hydrogens is 289 g/mol. The largest absolute Gasteiger partial charge is 0.481 e. The first-order valence-corrected chi connectivity index (χ1v) is 5.20. The lowest BCUT2D eigenvalue weighted by Gasteiger charge is -2.16. The molecule has 0 fully saturated rings. The number of nitrogens with zero attached hydrogens (tertiary/aromatic N) is 1. The highest BCUT2D eigenvalue weighted by molar-refractivity contribution is 5.72. The summed E-state index contributed by atoms with van der Waals surface area (Å²) in [5.74, 6) is -1.83. The van der Waals surface area contributed by atoms with Crippen LogP contribution in [-0.2, 0) is 22.1 Å². The predicted octanol–water partition coefficient (Wildman–Crippen LogP) is 2.76. The third-order valence-electron chi connectivity index (χ3n) is 2.33. The number of methoxy groups -OCH3 is 2. The molecule has 9 heteroatoms. The lowest BCUT2D eigenvalue weighted by Crippen LogP contribution is -2.15. The van der Waals surface area contributed by atoms with Crippen molar-refractivity contribution in [3.05, 3.63) is 22.9 Å². The van der Waals surface area contributed by atoms with Crippen molar-refractivity contribution >= 4 is 5.97 Å². The molecule has 1 aromatic rings. The van der Waals surface area contributed by atoms with Crippen LogP contribution in [-0.4, -0.2) is 25.2 Å². The first-order chi connectivity index (χ1) is 9.20. The van der Waals surface area contributed by atoms with E-state index in [-0.39, 0.29) is 5.69 Å². The van der Waals surface area contributed by atoms with Gasteiger partial charge in [-0.3, -0.25) is 4.79 Å². The second kappa shape index (κ2) is 6.02. The summed E-state index contributed by atoms with van der Waals surface area (Å²) in [6, 6.07) is 0.521. The summed E-state index contributed by atoms with van der Waals surface area (Å²) in [5, 5.41) is 0. The van der Waals surface area contributed by atoms with Gasteiger partial charge in [-0.1, -0.05) is 0 Å². The van der Waals surface area contributed by atoms with Crippen molar-refractivity contribution in [2.45, 2.75) is 19.0 Å². The lowest BCUT2D eigenvalue weighted by atomic mass is 10.1. The molecule has 20 heavy (non-hydrogen) atoms. The quantitative estimate of drug-likeness (QED) is 0.633. The van der Waals surface area contributed by atoms with E-state index in [0.717, 1.165) is 14.2 Å². The van der Waals surface area contributed by atoms with Gasteiger partial charge in [0.25, 0.3) is 6.43 Å². The molecule has 0 unspecified atom stereocenters. The summed E-state index contributed by atoms with van der Waals surface area (Å²) >= 11 is 0. The standard InChI is InChI=1S/C11H10F5NO3/c1-19-7(18)4-5-3-6(9(12)13)8(11(14,15)16)10(17-5)20-2/h3,9H,4H2,1-2H3. The Kier molecular flexibility index (Phi) is 4.85. The van der Waals surface area contributed by atoms with Crippen molar-refractivity contribution in [1.29, 1.82) is 0 Å². The van der Waals surface area contributed by atoms with E-state index in [4.69, 9.17) is 0 Å². The van der Waals surface area contributed by atoms with Crippen LogP contribution in [0, 0.1) is 0 Å². The van der Waals surface area contributed by atoms with Crippen LogP contribution in [0.2, 0.25) is 0 Å². The average molecular weight is 299 g/mol. The predicted molar refractivity (Wildman–Crippen MR) is 56.5 cm³/mol. The van der Waals surface area contributed by atoms with Gasteiger partial charge in [0.1, 0.15) is 5.56 Å². The topological polar surface area (TPSA) is 48.4 Å². The van der Waals surface area contributed by atoms with Crippen LogP contribution in [0.25, 0.3) is 0 Å². The van der Waals surface area contributed by atoms with E-state index in [9.17, 15) is 26.7 Å². The van der Waals surface area contributed by atoms with Crippen LogP contribution in [0.1, 0.15) is 23.2 Å². The molecule has 0 spiro atoms. The average Bonchev–Trinajstić information content (AvgIpc) is 2.35. The minimum atomic E-state index is -5.05. The van der Waals surface area contributed by atoms with Crippen molar-refractivity contribution in [3.63, 3.8) is 0 Å². The number of carbonyl (C=O) groups is 1. The first kappa shape index (κ1) is 16.1. The summed E-state index contributed by atoms with van der Waals surface area (Å²) in [5.41, 5.74) is -3.23. The van der Waals surface area contributed by atoms with Crippen molar-refractivity contribution in [3.8, 4) is 5.88 Å². The Labute approximate surface area is 110 Å². The molecule has 0 aliphatic carbocycles. The molecule has 0 saturated carbocycles. The highest BCUT2D eigenvalue weighted by atomic mass is 19.4. The fraction of sp³-hybridized carbons (Fsp3) is 0.455. The molecule has 0 aromatic carbocycles. The molecule has 0 bridgehead atoms. The van der Waals surface area contributed by atoms with Crippen LogP contribution < -0.4 is 4.74 Å².